The summed E-state index contributed by atoms with van der Waals surface area (Å²) in [5, 5.41) is 9.67. The van der Waals surface area contributed by atoms with Crippen LogP contribution in [-0.4, -0.2) is 10.2 Å². The zero-order valence-electron chi connectivity index (χ0n) is 7.17. The Morgan fingerprint density at radius 2 is 1.93 bits per heavy atom. The second kappa shape index (κ2) is 4.79. The van der Waals surface area contributed by atoms with E-state index in [1.165, 1.54) is 12.1 Å². The van der Waals surface area contributed by atoms with Gasteiger partial charge >= 0.3 is 0 Å². The zero-order chi connectivity index (χ0) is 11.6. The highest BCUT2D eigenvalue weighted by Gasteiger charge is 2.18. The van der Waals surface area contributed by atoms with E-state index in [0.717, 1.165) is 0 Å². The Kier molecular flexibility index (Phi) is 3.90. The van der Waals surface area contributed by atoms with Gasteiger partial charge in [-0.2, -0.15) is 0 Å². The third-order valence-corrected chi connectivity index (χ3v) is 2.71. The first-order valence-electron chi connectivity index (χ1n) is 3.73. The summed E-state index contributed by atoms with van der Waals surface area (Å²) in [6.07, 6.45) is -0.113. The van der Waals surface area contributed by atoms with Crippen molar-refractivity contribution in [1.29, 1.82) is 0 Å². The van der Waals surface area contributed by atoms with Crippen molar-refractivity contribution in [2.45, 2.75) is 6.42 Å². The molecule has 4 nitrogen and oxygen atoms in total. The summed E-state index contributed by atoms with van der Waals surface area (Å²) in [5.41, 5.74) is 0.0692. The Bertz CT molecular complexity index is 433. The number of hydrogen-bond donors (Lipinski definition) is 0. The van der Waals surface area contributed by atoms with Gasteiger partial charge < -0.3 is 0 Å². The second-order valence-corrected chi connectivity index (χ2v) is 3.84. The molecular weight excluding hydrogens is 264 g/mol. The molecule has 0 heterocycles. The van der Waals surface area contributed by atoms with Crippen molar-refractivity contribution in [3.63, 3.8) is 0 Å². The van der Waals surface area contributed by atoms with Crippen molar-refractivity contribution in [3.8, 4) is 0 Å². The zero-order valence-corrected chi connectivity index (χ0v) is 9.44. The van der Waals surface area contributed by atoms with Crippen LogP contribution in [0.3, 0.4) is 0 Å². The van der Waals surface area contributed by atoms with Gasteiger partial charge in [0.15, 0.2) is 0 Å². The van der Waals surface area contributed by atoms with Crippen LogP contribution in [-0.2, 0) is 11.2 Å². The number of nitrogens with zero attached hydrogens (tertiary/aromatic N) is 1. The van der Waals surface area contributed by atoms with Crippen molar-refractivity contribution >= 4 is 45.7 Å². The molecule has 0 aliphatic rings. The van der Waals surface area contributed by atoms with Crippen molar-refractivity contribution < 1.29 is 9.72 Å². The lowest BCUT2D eigenvalue weighted by Gasteiger charge is -2.03. The SMILES string of the molecule is O=C(Cl)Cc1ccc([N+](=O)[O-])c(Cl)c1Cl. The molecule has 0 bridgehead atoms. The predicted molar refractivity (Wildman–Crippen MR) is 57.7 cm³/mol. The number of carbonyl (C=O) groups excluding carboxylic acids is 1. The minimum Gasteiger partial charge on any atom is -0.281 e. The molecule has 1 aromatic carbocycles. The maximum Gasteiger partial charge on any atom is 0.289 e. The van der Waals surface area contributed by atoms with Gasteiger partial charge in [0, 0.05) is 12.5 Å². The molecule has 80 valence electrons. The van der Waals surface area contributed by atoms with E-state index in [1.54, 1.807) is 0 Å². The lowest BCUT2D eigenvalue weighted by Crippen LogP contribution is -1.97. The Labute approximate surface area is 99.9 Å². The molecule has 0 aliphatic carbocycles. The normalized spacial score (nSPS) is 10.1. The molecule has 0 unspecified atom stereocenters. The van der Waals surface area contributed by atoms with Gasteiger partial charge in [0.1, 0.15) is 5.02 Å². The van der Waals surface area contributed by atoms with E-state index in [1.807, 2.05) is 0 Å². The summed E-state index contributed by atoms with van der Waals surface area (Å²) >= 11 is 16.6. The Morgan fingerprint density at radius 1 is 1.33 bits per heavy atom. The summed E-state index contributed by atoms with van der Waals surface area (Å²) in [6.45, 7) is 0. The van der Waals surface area contributed by atoms with Gasteiger partial charge in [-0.1, -0.05) is 29.3 Å². The minimum atomic E-state index is -0.652. The topological polar surface area (TPSA) is 60.2 Å². The van der Waals surface area contributed by atoms with E-state index in [9.17, 15) is 14.9 Å². The van der Waals surface area contributed by atoms with E-state index in [2.05, 4.69) is 0 Å². The third kappa shape index (κ3) is 2.81. The number of nitro benzene ring substituents is 1. The lowest BCUT2D eigenvalue weighted by molar-refractivity contribution is -0.384. The smallest absolute Gasteiger partial charge is 0.281 e. The van der Waals surface area contributed by atoms with Gasteiger partial charge in [-0.25, -0.2) is 0 Å². The van der Waals surface area contributed by atoms with Gasteiger partial charge in [-0.3, -0.25) is 14.9 Å². The highest BCUT2D eigenvalue weighted by Crippen LogP contribution is 2.34. The van der Waals surface area contributed by atoms with Crippen molar-refractivity contribution in [3.05, 3.63) is 37.9 Å². The highest BCUT2D eigenvalue weighted by atomic mass is 35.5. The fourth-order valence-corrected chi connectivity index (χ4v) is 1.63. The standard InChI is InChI=1S/C8H4Cl3NO3/c9-6(13)3-4-1-2-5(12(14)15)8(11)7(4)10/h1-2H,3H2. The van der Waals surface area contributed by atoms with E-state index in [0.29, 0.717) is 5.56 Å². The summed E-state index contributed by atoms with van der Waals surface area (Å²) in [5.74, 6) is 0. The van der Waals surface area contributed by atoms with Gasteiger partial charge in [0.05, 0.1) is 9.95 Å². The molecule has 0 saturated heterocycles. The average Bonchev–Trinajstić information content (AvgIpc) is 2.12. The number of benzene rings is 1. The van der Waals surface area contributed by atoms with Crippen LogP contribution in [0.15, 0.2) is 12.1 Å². The molecule has 0 spiro atoms. The molecule has 1 aromatic rings. The van der Waals surface area contributed by atoms with Crippen LogP contribution in [0.2, 0.25) is 10.0 Å². The Balaban J connectivity index is 3.21. The number of hydrogen-bond acceptors (Lipinski definition) is 3. The molecular formula is C8H4Cl3NO3. The molecule has 1 rings (SSSR count). The second-order valence-electron chi connectivity index (χ2n) is 2.66. The summed E-state index contributed by atoms with van der Waals surface area (Å²) < 4.78 is 0. The molecule has 0 N–H and O–H groups in total. The first kappa shape index (κ1) is 12.2. The number of nitro groups is 1. The van der Waals surface area contributed by atoms with Gasteiger partial charge in [-0.15, -0.1) is 0 Å². The molecule has 0 amide bonds. The number of halogens is 3. The average molecular weight is 268 g/mol. The molecule has 7 heteroatoms. The van der Waals surface area contributed by atoms with Crippen LogP contribution < -0.4 is 0 Å². The van der Waals surface area contributed by atoms with Crippen LogP contribution in [0.5, 0.6) is 0 Å². The van der Waals surface area contributed by atoms with Crippen molar-refractivity contribution in [2.75, 3.05) is 0 Å². The van der Waals surface area contributed by atoms with Crippen molar-refractivity contribution in [1.82, 2.24) is 0 Å². The molecule has 0 aliphatic heterocycles. The summed E-state index contributed by atoms with van der Waals surface area (Å²) in [7, 11) is 0. The van der Waals surface area contributed by atoms with Crippen LogP contribution in [0.4, 0.5) is 5.69 Å². The molecule has 0 fully saturated rings. The molecule has 15 heavy (non-hydrogen) atoms. The monoisotopic (exact) mass is 267 g/mol. The summed E-state index contributed by atoms with van der Waals surface area (Å²) in [6, 6.07) is 2.54. The van der Waals surface area contributed by atoms with Gasteiger partial charge in [-0.05, 0) is 17.2 Å². The van der Waals surface area contributed by atoms with Crippen molar-refractivity contribution in [2.24, 2.45) is 0 Å². The van der Waals surface area contributed by atoms with E-state index >= 15 is 0 Å². The third-order valence-electron chi connectivity index (χ3n) is 1.67. The molecule has 0 atom stereocenters. The number of carbonyl (C=O) groups is 1. The maximum absolute atomic E-state index is 10.6. The van der Waals surface area contributed by atoms with Crippen LogP contribution in [0.1, 0.15) is 5.56 Å². The minimum absolute atomic E-state index is 0.0140. The van der Waals surface area contributed by atoms with Crippen LogP contribution in [0, 0.1) is 10.1 Å². The van der Waals surface area contributed by atoms with E-state index < -0.39 is 10.2 Å². The molecule has 0 aromatic heterocycles. The Morgan fingerprint density at radius 3 is 2.40 bits per heavy atom. The fourth-order valence-electron chi connectivity index (χ4n) is 1.01. The van der Waals surface area contributed by atoms with E-state index in [4.69, 9.17) is 34.8 Å². The fraction of sp³-hybridized carbons (Fsp3) is 0.125. The largest absolute Gasteiger partial charge is 0.289 e. The summed E-state index contributed by atoms with van der Waals surface area (Å²) in [4.78, 5) is 20.4. The van der Waals surface area contributed by atoms with Crippen LogP contribution >= 0.6 is 34.8 Å². The maximum atomic E-state index is 10.6. The highest BCUT2D eigenvalue weighted by molar-refractivity contribution is 6.63. The first-order valence-corrected chi connectivity index (χ1v) is 4.86. The van der Waals surface area contributed by atoms with E-state index in [-0.39, 0.29) is 22.2 Å². The Hall–Kier alpha value is -0.840. The van der Waals surface area contributed by atoms with Gasteiger partial charge in [0.25, 0.3) is 5.69 Å². The first-order chi connectivity index (χ1) is 6.93. The molecule has 0 saturated carbocycles. The quantitative estimate of drug-likeness (QED) is 0.480. The molecule has 0 radical (unpaired) electrons. The predicted octanol–water partition coefficient (Wildman–Crippen LogP) is 3.21. The number of rotatable bonds is 3. The lowest BCUT2D eigenvalue weighted by atomic mass is 10.1. The van der Waals surface area contributed by atoms with Crippen LogP contribution in [0.25, 0.3) is 0 Å². The van der Waals surface area contributed by atoms with Gasteiger partial charge in [0.2, 0.25) is 5.24 Å².